The van der Waals surface area contributed by atoms with Gasteiger partial charge in [0.2, 0.25) is 0 Å². The van der Waals surface area contributed by atoms with Crippen LogP contribution in [0.15, 0.2) is 23.1 Å². The average molecular weight is 203 g/mol. The summed E-state index contributed by atoms with van der Waals surface area (Å²) in [5.74, 6) is 0. The first kappa shape index (κ1) is 9.83. The van der Waals surface area contributed by atoms with Crippen molar-refractivity contribution in [2.24, 2.45) is 0 Å². The fourth-order valence-corrected chi connectivity index (χ4v) is 1.58. The number of aromatic nitrogens is 3. The molecule has 0 amide bonds. The zero-order valence-corrected chi connectivity index (χ0v) is 8.90. The Morgan fingerprint density at radius 2 is 2.13 bits per heavy atom. The van der Waals surface area contributed by atoms with Gasteiger partial charge in [0, 0.05) is 12.2 Å². The van der Waals surface area contributed by atoms with Crippen molar-refractivity contribution in [3.8, 4) is 0 Å². The van der Waals surface area contributed by atoms with E-state index < -0.39 is 0 Å². The number of fused-ring (bicyclic) bond motifs is 1. The van der Waals surface area contributed by atoms with E-state index in [1.54, 1.807) is 4.57 Å². The molecule has 0 aliphatic heterocycles. The Hall–Kier alpha value is -1.71. The minimum absolute atomic E-state index is 0.0919. The molecule has 0 bridgehead atoms. The van der Waals surface area contributed by atoms with E-state index in [-0.39, 0.29) is 5.56 Å². The van der Waals surface area contributed by atoms with Gasteiger partial charge in [-0.15, -0.1) is 0 Å². The van der Waals surface area contributed by atoms with Gasteiger partial charge in [-0.2, -0.15) is 0 Å². The third kappa shape index (κ3) is 1.63. The first-order valence-electron chi connectivity index (χ1n) is 5.11. The molecular weight excluding hydrogens is 190 g/mol. The van der Waals surface area contributed by atoms with Gasteiger partial charge in [0.05, 0.1) is 6.20 Å². The van der Waals surface area contributed by atoms with Crippen LogP contribution in [-0.4, -0.2) is 14.5 Å². The van der Waals surface area contributed by atoms with Gasteiger partial charge in [-0.3, -0.25) is 9.36 Å². The second-order valence-corrected chi connectivity index (χ2v) is 3.34. The summed E-state index contributed by atoms with van der Waals surface area (Å²) in [6, 6.07) is 3.85. The largest absolute Gasteiger partial charge is 0.290 e. The van der Waals surface area contributed by atoms with Crippen LogP contribution >= 0.6 is 0 Å². The van der Waals surface area contributed by atoms with Crippen molar-refractivity contribution in [2.45, 2.75) is 26.8 Å². The second kappa shape index (κ2) is 3.81. The van der Waals surface area contributed by atoms with E-state index in [1.807, 2.05) is 26.0 Å². The Kier molecular flexibility index (Phi) is 2.49. The highest BCUT2D eigenvalue weighted by Crippen LogP contribution is 2.08. The first-order chi connectivity index (χ1) is 7.26. The van der Waals surface area contributed by atoms with E-state index in [1.165, 1.54) is 6.20 Å². The Balaban J connectivity index is 2.82. The van der Waals surface area contributed by atoms with Gasteiger partial charge in [0.15, 0.2) is 5.65 Å². The van der Waals surface area contributed by atoms with Gasteiger partial charge in [-0.25, -0.2) is 9.97 Å². The van der Waals surface area contributed by atoms with Gasteiger partial charge in [-0.05, 0) is 25.5 Å². The van der Waals surface area contributed by atoms with Crippen LogP contribution in [0.5, 0.6) is 0 Å². The lowest BCUT2D eigenvalue weighted by Crippen LogP contribution is -2.20. The van der Waals surface area contributed by atoms with E-state index in [0.29, 0.717) is 12.2 Å². The molecule has 0 saturated carbocycles. The van der Waals surface area contributed by atoms with Crippen molar-refractivity contribution >= 4 is 11.2 Å². The molecule has 0 saturated heterocycles. The van der Waals surface area contributed by atoms with E-state index in [9.17, 15) is 4.79 Å². The van der Waals surface area contributed by atoms with Crippen LogP contribution in [0.25, 0.3) is 11.2 Å². The molecule has 0 unspecified atom stereocenters. The monoisotopic (exact) mass is 203 g/mol. The highest BCUT2D eigenvalue weighted by Gasteiger charge is 2.04. The highest BCUT2D eigenvalue weighted by molar-refractivity contribution is 5.69. The van der Waals surface area contributed by atoms with Crippen LogP contribution in [0.1, 0.15) is 19.5 Å². The van der Waals surface area contributed by atoms with Crippen molar-refractivity contribution < 1.29 is 0 Å². The topological polar surface area (TPSA) is 47.8 Å². The molecule has 0 aliphatic rings. The smallest absolute Gasteiger partial charge is 0.270 e. The molecule has 0 N–H and O–H groups in total. The van der Waals surface area contributed by atoms with E-state index in [4.69, 9.17) is 0 Å². The van der Waals surface area contributed by atoms with Gasteiger partial charge in [0.25, 0.3) is 5.56 Å². The summed E-state index contributed by atoms with van der Waals surface area (Å²) in [7, 11) is 0. The average Bonchev–Trinajstić information content (AvgIpc) is 2.28. The summed E-state index contributed by atoms with van der Waals surface area (Å²) >= 11 is 0. The molecule has 4 heteroatoms. The molecule has 78 valence electrons. The lowest BCUT2D eigenvalue weighted by atomic mass is 10.3. The number of hydrogen-bond donors (Lipinski definition) is 0. The minimum atomic E-state index is -0.0919. The molecule has 0 radical (unpaired) electrons. The standard InChI is InChI=1S/C11H13N3O/c1-3-8-5-6-9-11(13-8)14(4-2)10(15)7-12-9/h5-7H,3-4H2,1-2H3. The fourth-order valence-electron chi connectivity index (χ4n) is 1.58. The molecule has 2 aromatic heterocycles. The fraction of sp³-hybridized carbons (Fsp3) is 0.364. The zero-order chi connectivity index (χ0) is 10.8. The number of pyridine rings is 1. The molecule has 2 aromatic rings. The van der Waals surface area contributed by atoms with Crippen molar-refractivity contribution in [2.75, 3.05) is 0 Å². The quantitative estimate of drug-likeness (QED) is 0.740. The van der Waals surface area contributed by atoms with Crippen LogP contribution in [0.2, 0.25) is 0 Å². The van der Waals surface area contributed by atoms with Crippen molar-refractivity contribution in [1.29, 1.82) is 0 Å². The Morgan fingerprint density at radius 3 is 2.80 bits per heavy atom. The normalized spacial score (nSPS) is 10.8. The van der Waals surface area contributed by atoms with E-state index in [0.717, 1.165) is 17.6 Å². The van der Waals surface area contributed by atoms with Crippen LogP contribution < -0.4 is 5.56 Å². The predicted octanol–water partition coefficient (Wildman–Crippen LogP) is 1.37. The molecule has 0 aromatic carbocycles. The van der Waals surface area contributed by atoms with Crippen molar-refractivity contribution in [3.63, 3.8) is 0 Å². The van der Waals surface area contributed by atoms with Gasteiger partial charge < -0.3 is 0 Å². The molecule has 4 nitrogen and oxygen atoms in total. The summed E-state index contributed by atoms with van der Waals surface area (Å²) in [6.45, 7) is 4.60. The van der Waals surface area contributed by atoms with Gasteiger partial charge >= 0.3 is 0 Å². The molecule has 0 aliphatic carbocycles. The Bertz CT molecular complexity index is 545. The number of aryl methyl sites for hydroxylation is 2. The Labute approximate surface area is 87.6 Å². The van der Waals surface area contributed by atoms with E-state index >= 15 is 0 Å². The molecule has 0 fully saturated rings. The summed E-state index contributed by atoms with van der Waals surface area (Å²) in [6.07, 6.45) is 2.21. The number of rotatable bonds is 2. The minimum Gasteiger partial charge on any atom is -0.290 e. The molecule has 0 spiro atoms. The summed E-state index contributed by atoms with van der Waals surface area (Å²) in [5, 5.41) is 0. The molecule has 15 heavy (non-hydrogen) atoms. The van der Waals surface area contributed by atoms with E-state index in [2.05, 4.69) is 9.97 Å². The molecular formula is C11H13N3O. The number of nitrogens with zero attached hydrogens (tertiary/aromatic N) is 3. The van der Waals surface area contributed by atoms with Crippen LogP contribution in [-0.2, 0) is 13.0 Å². The van der Waals surface area contributed by atoms with Crippen LogP contribution in [0.3, 0.4) is 0 Å². The summed E-state index contributed by atoms with van der Waals surface area (Å²) < 4.78 is 1.64. The maximum Gasteiger partial charge on any atom is 0.270 e. The third-order valence-electron chi connectivity index (χ3n) is 2.43. The SMILES string of the molecule is CCc1ccc2ncc(=O)n(CC)c2n1. The maximum atomic E-state index is 11.5. The maximum absolute atomic E-state index is 11.5. The lowest BCUT2D eigenvalue weighted by molar-refractivity contribution is 0.740. The Morgan fingerprint density at radius 1 is 1.33 bits per heavy atom. The highest BCUT2D eigenvalue weighted by atomic mass is 16.1. The predicted molar refractivity (Wildman–Crippen MR) is 58.9 cm³/mol. The summed E-state index contributed by atoms with van der Waals surface area (Å²) in [5.41, 5.74) is 2.35. The van der Waals surface area contributed by atoms with Crippen LogP contribution in [0.4, 0.5) is 0 Å². The number of hydrogen-bond acceptors (Lipinski definition) is 3. The van der Waals surface area contributed by atoms with Crippen molar-refractivity contribution in [3.05, 3.63) is 34.4 Å². The third-order valence-corrected chi connectivity index (χ3v) is 2.43. The van der Waals surface area contributed by atoms with Gasteiger partial charge in [-0.1, -0.05) is 6.92 Å². The van der Waals surface area contributed by atoms with Crippen molar-refractivity contribution in [1.82, 2.24) is 14.5 Å². The molecule has 0 atom stereocenters. The zero-order valence-electron chi connectivity index (χ0n) is 8.90. The second-order valence-electron chi connectivity index (χ2n) is 3.34. The first-order valence-corrected chi connectivity index (χ1v) is 5.11. The molecule has 2 heterocycles. The van der Waals surface area contributed by atoms with Crippen LogP contribution in [0, 0.1) is 0 Å². The summed E-state index contributed by atoms with van der Waals surface area (Å²) in [4.78, 5) is 20.0. The lowest BCUT2D eigenvalue weighted by Gasteiger charge is -2.06. The molecule has 2 rings (SSSR count). The van der Waals surface area contributed by atoms with Gasteiger partial charge in [0.1, 0.15) is 5.52 Å².